The molecule has 0 aliphatic rings. The average Bonchev–Trinajstić information content (AvgIpc) is 3.19. The molecule has 6 rings (SSSR count). The normalized spacial score (nSPS) is 11.7. The van der Waals surface area contributed by atoms with E-state index in [0.29, 0.717) is 5.52 Å². The van der Waals surface area contributed by atoms with Gasteiger partial charge in [-0.3, -0.25) is 4.79 Å². The maximum Gasteiger partial charge on any atom is 0.275 e. The highest BCUT2D eigenvalue weighted by Gasteiger charge is 2.19. The third-order valence-electron chi connectivity index (χ3n) is 5.28. The predicted molar refractivity (Wildman–Crippen MR) is 112 cm³/mol. The fourth-order valence-electron chi connectivity index (χ4n) is 4.09. The Bertz CT molecular complexity index is 1580. The van der Waals surface area contributed by atoms with Crippen LogP contribution >= 0.6 is 0 Å². The van der Waals surface area contributed by atoms with Crippen molar-refractivity contribution in [1.82, 2.24) is 19.8 Å². The van der Waals surface area contributed by atoms with E-state index in [0.717, 1.165) is 43.8 Å². The quantitative estimate of drug-likeness (QED) is 0.437. The first kappa shape index (κ1) is 15.1. The zero-order valence-corrected chi connectivity index (χ0v) is 14.8. The summed E-state index contributed by atoms with van der Waals surface area (Å²) in [5.74, 6) is 0. The lowest BCUT2D eigenvalue weighted by atomic mass is 10.00. The van der Waals surface area contributed by atoms with E-state index in [-0.39, 0.29) is 5.56 Å². The molecule has 132 valence electrons. The fourth-order valence-corrected chi connectivity index (χ4v) is 4.09. The Kier molecular flexibility index (Phi) is 2.97. The Morgan fingerprint density at radius 2 is 1.39 bits per heavy atom. The van der Waals surface area contributed by atoms with Gasteiger partial charge in [0.1, 0.15) is 16.7 Å². The van der Waals surface area contributed by atoms with E-state index in [9.17, 15) is 4.79 Å². The van der Waals surface area contributed by atoms with E-state index in [1.54, 1.807) is 4.52 Å². The van der Waals surface area contributed by atoms with Crippen LogP contribution in [0.1, 0.15) is 0 Å². The smallest absolute Gasteiger partial charge is 0.275 e. The highest BCUT2D eigenvalue weighted by Crippen LogP contribution is 2.35. The SMILES string of the molecule is O=c1[nH]c2ccccc2c2c3ccccc3c3c(-c4ccccc4)nnn3c12. The second-order valence-corrected chi connectivity index (χ2v) is 6.83. The Morgan fingerprint density at radius 3 is 2.21 bits per heavy atom. The van der Waals surface area contributed by atoms with Crippen molar-refractivity contribution in [2.75, 3.05) is 0 Å². The van der Waals surface area contributed by atoms with Crippen LogP contribution < -0.4 is 5.56 Å². The Labute approximate surface area is 158 Å². The van der Waals surface area contributed by atoms with Crippen LogP contribution in [0.4, 0.5) is 0 Å². The standard InChI is InChI=1S/C23H14N4O/c28-23-22-19(17-12-6-7-13-18(17)24-23)15-10-4-5-11-16(15)21-20(25-26-27(21)22)14-8-2-1-3-9-14/h1-13H,(H,24,28). The number of nitrogens with one attached hydrogen (secondary N) is 1. The number of aromatic amines is 1. The molecule has 0 fully saturated rings. The van der Waals surface area contributed by atoms with Gasteiger partial charge in [0.15, 0.2) is 0 Å². The molecule has 0 bridgehead atoms. The highest BCUT2D eigenvalue weighted by molar-refractivity contribution is 6.22. The third-order valence-corrected chi connectivity index (χ3v) is 5.28. The van der Waals surface area contributed by atoms with Gasteiger partial charge >= 0.3 is 0 Å². The summed E-state index contributed by atoms with van der Waals surface area (Å²) < 4.78 is 1.69. The molecule has 0 saturated carbocycles. The first-order chi connectivity index (χ1) is 13.8. The van der Waals surface area contributed by atoms with Gasteiger partial charge in [-0.25, -0.2) is 4.52 Å². The number of para-hydroxylation sites is 1. The molecule has 1 N–H and O–H groups in total. The van der Waals surface area contributed by atoms with Crippen molar-refractivity contribution in [2.24, 2.45) is 0 Å². The predicted octanol–water partition coefficient (Wildman–Crippen LogP) is 4.54. The van der Waals surface area contributed by atoms with Crippen molar-refractivity contribution in [2.45, 2.75) is 0 Å². The van der Waals surface area contributed by atoms with Crippen molar-refractivity contribution in [1.29, 1.82) is 0 Å². The molecule has 0 unspecified atom stereocenters. The summed E-state index contributed by atoms with van der Waals surface area (Å²) >= 11 is 0. The number of hydrogen-bond acceptors (Lipinski definition) is 3. The summed E-state index contributed by atoms with van der Waals surface area (Å²) in [6.45, 7) is 0. The second-order valence-electron chi connectivity index (χ2n) is 6.83. The van der Waals surface area contributed by atoms with Crippen LogP contribution in [0, 0.1) is 0 Å². The van der Waals surface area contributed by atoms with Gasteiger partial charge in [-0.05, 0) is 11.5 Å². The Hall–Kier alpha value is -3.99. The third kappa shape index (κ3) is 1.93. The molecule has 3 heterocycles. The van der Waals surface area contributed by atoms with E-state index < -0.39 is 0 Å². The van der Waals surface area contributed by atoms with E-state index in [2.05, 4.69) is 27.4 Å². The molecule has 0 amide bonds. The molecule has 6 aromatic rings. The minimum atomic E-state index is -0.172. The molecular formula is C23H14N4O. The number of rotatable bonds is 1. The van der Waals surface area contributed by atoms with Crippen LogP contribution in [0.3, 0.4) is 0 Å². The Morgan fingerprint density at radius 1 is 0.714 bits per heavy atom. The van der Waals surface area contributed by atoms with Gasteiger partial charge in [0.2, 0.25) is 0 Å². The highest BCUT2D eigenvalue weighted by atomic mass is 16.1. The number of H-pyrrole nitrogens is 1. The lowest BCUT2D eigenvalue weighted by molar-refractivity contribution is 0.881. The molecule has 0 aliphatic carbocycles. The van der Waals surface area contributed by atoms with Crippen molar-refractivity contribution in [3.63, 3.8) is 0 Å². The van der Waals surface area contributed by atoms with Gasteiger partial charge in [-0.1, -0.05) is 78.0 Å². The van der Waals surface area contributed by atoms with Crippen molar-refractivity contribution in [3.05, 3.63) is 89.2 Å². The summed E-state index contributed by atoms with van der Waals surface area (Å²) in [6.07, 6.45) is 0. The summed E-state index contributed by atoms with van der Waals surface area (Å²) in [6, 6.07) is 25.9. The molecule has 0 radical (unpaired) electrons. The first-order valence-electron chi connectivity index (χ1n) is 9.09. The van der Waals surface area contributed by atoms with Crippen molar-refractivity contribution in [3.8, 4) is 11.3 Å². The van der Waals surface area contributed by atoms with Gasteiger partial charge in [-0.15, -0.1) is 5.10 Å². The minimum Gasteiger partial charge on any atom is -0.320 e. The van der Waals surface area contributed by atoms with E-state index in [1.807, 2.05) is 66.7 Å². The van der Waals surface area contributed by atoms with Crippen LogP contribution in [0.15, 0.2) is 83.7 Å². The van der Waals surface area contributed by atoms with Gasteiger partial charge in [0.25, 0.3) is 5.56 Å². The lowest BCUT2D eigenvalue weighted by Gasteiger charge is -2.10. The van der Waals surface area contributed by atoms with Crippen LogP contribution in [-0.2, 0) is 0 Å². The van der Waals surface area contributed by atoms with E-state index in [4.69, 9.17) is 0 Å². The van der Waals surface area contributed by atoms with Gasteiger partial charge in [0, 0.05) is 27.2 Å². The first-order valence-corrected chi connectivity index (χ1v) is 9.09. The molecule has 0 atom stereocenters. The molecule has 5 heteroatoms. The number of pyridine rings is 2. The maximum absolute atomic E-state index is 13.1. The van der Waals surface area contributed by atoms with Crippen molar-refractivity contribution < 1.29 is 0 Å². The number of hydrogen-bond donors (Lipinski definition) is 1. The molecule has 0 spiro atoms. The fraction of sp³-hybridized carbons (Fsp3) is 0. The second kappa shape index (κ2) is 5.50. The molecule has 0 saturated heterocycles. The molecule has 0 aliphatic heterocycles. The van der Waals surface area contributed by atoms with Gasteiger partial charge < -0.3 is 4.98 Å². The minimum absolute atomic E-state index is 0.172. The number of fused-ring (bicyclic) bond motifs is 8. The largest absolute Gasteiger partial charge is 0.320 e. The van der Waals surface area contributed by atoms with Crippen LogP contribution in [-0.4, -0.2) is 19.8 Å². The number of benzene rings is 3. The molecule has 3 aromatic heterocycles. The lowest BCUT2D eigenvalue weighted by Crippen LogP contribution is -2.11. The Balaban J connectivity index is 1.95. The summed E-state index contributed by atoms with van der Waals surface area (Å²) in [5, 5.41) is 12.8. The van der Waals surface area contributed by atoms with Gasteiger partial charge in [0.05, 0.1) is 0 Å². The molecule has 5 nitrogen and oxygen atoms in total. The summed E-state index contributed by atoms with van der Waals surface area (Å²) in [4.78, 5) is 16.0. The van der Waals surface area contributed by atoms with E-state index >= 15 is 0 Å². The zero-order valence-electron chi connectivity index (χ0n) is 14.8. The van der Waals surface area contributed by atoms with Crippen LogP contribution in [0.5, 0.6) is 0 Å². The summed E-state index contributed by atoms with van der Waals surface area (Å²) in [5.41, 5.74) is 3.74. The van der Waals surface area contributed by atoms with Crippen LogP contribution in [0.25, 0.3) is 49.4 Å². The maximum atomic E-state index is 13.1. The van der Waals surface area contributed by atoms with Crippen LogP contribution in [0.2, 0.25) is 0 Å². The number of aromatic nitrogens is 4. The average molecular weight is 362 g/mol. The van der Waals surface area contributed by atoms with Gasteiger partial charge in [-0.2, -0.15) is 0 Å². The van der Waals surface area contributed by atoms with Crippen molar-refractivity contribution >= 4 is 38.1 Å². The monoisotopic (exact) mass is 362 g/mol. The number of nitrogens with zero attached hydrogens (tertiary/aromatic N) is 3. The summed E-state index contributed by atoms with van der Waals surface area (Å²) in [7, 11) is 0. The molecule has 28 heavy (non-hydrogen) atoms. The topological polar surface area (TPSA) is 63.0 Å². The molecule has 3 aromatic carbocycles. The molecular weight excluding hydrogens is 348 g/mol. The zero-order chi connectivity index (χ0) is 18.7. The van der Waals surface area contributed by atoms with E-state index in [1.165, 1.54) is 0 Å².